The lowest BCUT2D eigenvalue weighted by Gasteiger charge is -2.14. The third-order valence-corrected chi connectivity index (χ3v) is 6.65. The highest BCUT2D eigenvalue weighted by Crippen LogP contribution is 2.24. The number of thioether (sulfide) groups is 1. The smallest absolute Gasteiger partial charge is 0.266 e. The number of hydrogen-bond donors (Lipinski definition) is 2. The number of methoxy groups -OCH3 is 1. The van der Waals surface area contributed by atoms with Gasteiger partial charge in [0, 0.05) is 15.6 Å². The molecule has 0 unspecified atom stereocenters. The average Bonchev–Trinajstić information content (AvgIpc) is 2.87. The first kappa shape index (κ1) is 25.0. The molecule has 35 heavy (non-hydrogen) atoms. The van der Waals surface area contributed by atoms with Gasteiger partial charge in [0.25, 0.3) is 5.56 Å². The largest absolute Gasteiger partial charge is 0.497 e. The van der Waals surface area contributed by atoms with Crippen molar-refractivity contribution >= 4 is 69.0 Å². The monoisotopic (exact) mass is 544 g/mol. The molecule has 0 aliphatic heterocycles. The van der Waals surface area contributed by atoms with Gasteiger partial charge in [-0.1, -0.05) is 59.3 Å². The van der Waals surface area contributed by atoms with E-state index in [1.54, 1.807) is 73.8 Å². The highest BCUT2D eigenvalue weighted by Gasteiger charge is 2.16. The van der Waals surface area contributed by atoms with Gasteiger partial charge in [-0.25, -0.2) is 4.98 Å². The van der Waals surface area contributed by atoms with E-state index in [1.807, 2.05) is 0 Å². The van der Waals surface area contributed by atoms with E-state index < -0.39 is 0 Å². The molecule has 2 N–H and O–H groups in total. The molecule has 11 heteroatoms. The minimum atomic E-state index is -0.349. The fraction of sp³-hybridized carbons (Fsp3) is 0.0833. The second-order valence-corrected chi connectivity index (χ2v) is 9.42. The normalized spacial score (nSPS) is 10.7. The Kier molecular flexibility index (Phi) is 7.92. The number of ether oxygens (including phenoxy) is 1. The predicted molar refractivity (Wildman–Crippen MR) is 144 cm³/mol. The molecule has 1 aromatic heterocycles. The van der Waals surface area contributed by atoms with Crippen LogP contribution in [-0.2, 0) is 4.79 Å². The summed E-state index contributed by atoms with van der Waals surface area (Å²) in [7, 11) is 1.56. The van der Waals surface area contributed by atoms with Crippen LogP contribution in [0, 0.1) is 0 Å². The number of benzene rings is 3. The number of thiocarbonyl (C=S) groups is 1. The summed E-state index contributed by atoms with van der Waals surface area (Å²) in [6.07, 6.45) is 0. The number of carbonyl (C=O) groups excluding carboxylic acids is 1. The second kappa shape index (κ2) is 11.1. The van der Waals surface area contributed by atoms with Crippen LogP contribution in [0.1, 0.15) is 5.56 Å². The number of halogens is 2. The number of rotatable bonds is 6. The molecule has 1 amide bonds. The number of nitrogens with one attached hydrogen (secondary N) is 2. The molecule has 1 heterocycles. The number of hydrazine groups is 1. The summed E-state index contributed by atoms with van der Waals surface area (Å²) < 4.78 is 6.66. The first-order valence-electron chi connectivity index (χ1n) is 10.2. The fourth-order valence-corrected chi connectivity index (χ4v) is 4.46. The van der Waals surface area contributed by atoms with Gasteiger partial charge in [0.05, 0.1) is 29.5 Å². The van der Waals surface area contributed by atoms with Gasteiger partial charge in [0.2, 0.25) is 5.91 Å². The van der Waals surface area contributed by atoms with Gasteiger partial charge in [-0.15, -0.1) is 0 Å². The van der Waals surface area contributed by atoms with Crippen molar-refractivity contribution in [2.75, 3.05) is 12.9 Å². The predicted octanol–water partition coefficient (Wildman–Crippen LogP) is 4.79. The summed E-state index contributed by atoms with van der Waals surface area (Å²) in [5.74, 6) is 0.283. The van der Waals surface area contributed by atoms with E-state index in [0.29, 0.717) is 48.1 Å². The van der Waals surface area contributed by atoms with E-state index in [9.17, 15) is 9.59 Å². The van der Waals surface area contributed by atoms with Crippen molar-refractivity contribution < 1.29 is 9.53 Å². The number of fused-ring (bicyclic) bond motifs is 1. The molecule has 4 aromatic rings. The molecule has 4 rings (SSSR count). The van der Waals surface area contributed by atoms with E-state index in [1.165, 1.54) is 4.57 Å². The molecule has 0 aliphatic carbocycles. The number of amides is 1. The maximum atomic E-state index is 13.4. The third kappa shape index (κ3) is 5.94. The van der Waals surface area contributed by atoms with E-state index in [2.05, 4.69) is 15.8 Å². The molecule has 0 saturated carbocycles. The summed E-state index contributed by atoms with van der Waals surface area (Å²) in [6.45, 7) is 0. The molecule has 7 nitrogen and oxygen atoms in total. The highest BCUT2D eigenvalue weighted by atomic mass is 35.5. The van der Waals surface area contributed by atoms with E-state index >= 15 is 0 Å². The van der Waals surface area contributed by atoms with Crippen molar-refractivity contribution in [1.29, 1.82) is 0 Å². The van der Waals surface area contributed by atoms with Crippen LogP contribution in [0.25, 0.3) is 16.6 Å². The Balaban J connectivity index is 1.56. The van der Waals surface area contributed by atoms with Gasteiger partial charge < -0.3 is 4.74 Å². The van der Waals surface area contributed by atoms with Crippen molar-refractivity contribution in [1.82, 2.24) is 20.4 Å². The Morgan fingerprint density at radius 1 is 1.03 bits per heavy atom. The summed E-state index contributed by atoms with van der Waals surface area (Å²) in [5.41, 5.74) is 6.75. The number of aromatic nitrogens is 2. The minimum Gasteiger partial charge on any atom is -0.497 e. The molecule has 0 saturated heterocycles. The van der Waals surface area contributed by atoms with Crippen molar-refractivity contribution in [3.8, 4) is 11.4 Å². The van der Waals surface area contributed by atoms with Crippen molar-refractivity contribution in [2.45, 2.75) is 5.16 Å². The van der Waals surface area contributed by atoms with Crippen LogP contribution in [0.4, 0.5) is 0 Å². The van der Waals surface area contributed by atoms with Gasteiger partial charge in [0.1, 0.15) is 10.7 Å². The first-order chi connectivity index (χ1) is 16.9. The topological polar surface area (TPSA) is 85.2 Å². The van der Waals surface area contributed by atoms with Crippen LogP contribution in [0.15, 0.2) is 76.7 Å². The average molecular weight is 545 g/mol. The molecule has 3 aromatic carbocycles. The molecule has 178 valence electrons. The van der Waals surface area contributed by atoms with E-state index in [0.717, 1.165) is 11.8 Å². The maximum absolute atomic E-state index is 13.4. The van der Waals surface area contributed by atoms with Crippen molar-refractivity contribution in [2.24, 2.45) is 0 Å². The third-order valence-electron chi connectivity index (χ3n) is 4.88. The van der Waals surface area contributed by atoms with E-state index in [4.69, 9.17) is 40.2 Å². The lowest BCUT2D eigenvalue weighted by atomic mass is 10.2. The number of carbonyl (C=O) groups is 1. The van der Waals surface area contributed by atoms with Gasteiger partial charge in [0.15, 0.2) is 5.16 Å². The van der Waals surface area contributed by atoms with Gasteiger partial charge in [-0.3, -0.25) is 25.0 Å². The van der Waals surface area contributed by atoms with Crippen molar-refractivity contribution in [3.63, 3.8) is 0 Å². The van der Waals surface area contributed by atoms with Crippen molar-refractivity contribution in [3.05, 3.63) is 92.7 Å². The maximum Gasteiger partial charge on any atom is 0.266 e. The van der Waals surface area contributed by atoms with Crippen LogP contribution in [0.3, 0.4) is 0 Å². The molecule has 0 atom stereocenters. The molecular weight excluding hydrogens is 527 g/mol. The molecule has 0 fully saturated rings. The quantitative estimate of drug-likeness (QED) is 0.156. The second-order valence-electron chi connectivity index (χ2n) is 7.19. The first-order valence-corrected chi connectivity index (χ1v) is 12.3. The summed E-state index contributed by atoms with van der Waals surface area (Å²) >= 11 is 18.4. The Bertz CT molecular complexity index is 1460. The number of nitrogens with zero attached hydrogens (tertiary/aromatic N) is 2. The lowest BCUT2D eigenvalue weighted by molar-refractivity contribution is -0.119. The summed E-state index contributed by atoms with van der Waals surface area (Å²) in [5, 5.41) is 1.74. The zero-order chi connectivity index (χ0) is 24.9. The molecule has 0 aliphatic rings. The zero-order valence-corrected chi connectivity index (χ0v) is 21.4. The molecule has 0 radical (unpaired) electrons. The molecule has 0 bridgehead atoms. The van der Waals surface area contributed by atoms with Crippen LogP contribution >= 0.6 is 47.2 Å². The Labute approximate surface area is 220 Å². The van der Waals surface area contributed by atoms with Crippen LogP contribution in [0.2, 0.25) is 10.0 Å². The van der Waals surface area contributed by atoms with Crippen LogP contribution in [0.5, 0.6) is 5.75 Å². The standard InChI is InChI=1S/C24H18Cl2N4O3S2/c1-33-18-9-7-17(8-10-18)30-23(32)19-12-16(26)6-11-20(19)27-24(30)35-13-21(31)28-29-22(34)14-2-4-15(25)5-3-14/h2-12H,13H2,1H3,(H,28,31)(H,29,34). The van der Waals surface area contributed by atoms with Crippen LogP contribution in [-0.4, -0.2) is 33.3 Å². The molecular formula is C24H18Cl2N4O3S2. The lowest BCUT2D eigenvalue weighted by Crippen LogP contribution is -2.42. The van der Waals surface area contributed by atoms with E-state index in [-0.39, 0.29) is 17.2 Å². The minimum absolute atomic E-state index is 0.0160. The Morgan fingerprint density at radius 2 is 1.71 bits per heavy atom. The van der Waals surface area contributed by atoms with Gasteiger partial charge in [-0.2, -0.15) is 0 Å². The summed E-state index contributed by atoms with van der Waals surface area (Å²) in [6, 6.07) is 18.8. The number of hydrogen-bond acceptors (Lipinski definition) is 6. The van der Waals surface area contributed by atoms with Gasteiger partial charge in [-0.05, 0) is 54.6 Å². The SMILES string of the molecule is COc1ccc(-n2c(SCC(=O)NNC(=S)c3ccc(Cl)cc3)nc3ccc(Cl)cc3c2=O)cc1. The van der Waals surface area contributed by atoms with Gasteiger partial charge >= 0.3 is 0 Å². The molecule has 0 spiro atoms. The highest BCUT2D eigenvalue weighted by molar-refractivity contribution is 7.99. The Hall–Kier alpha value is -3.11. The zero-order valence-electron chi connectivity index (χ0n) is 18.2. The summed E-state index contributed by atoms with van der Waals surface area (Å²) in [4.78, 5) is 30.8. The Morgan fingerprint density at radius 3 is 2.40 bits per heavy atom. The fourth-order valence-electron chi connectivity index (χ4n) is 3.16. The van der Waals surface area contributed by atoms with Crippen LogP contribution < -0.4 is 21.1 Å².